The first-order valence-electron chi connectivity index (χ1n) is 5.51. The molecule has 0 aliphatic heterocycles. The van der Waals surface area contributed by atoms with Gasteiger partial charge in [-0.3, -0.25) is 4.79 Å². The Labute approximate surface area is 131 Å². The van der Waals surface area contributed by atoms with E-state index in [1.54, 1.807) is 13.8 Å². The Kier molecular flexibility index (Phi) is 5.07. The first-order valence-corrected chi connectivity index (χ1v) is 8.17. The van der Waals surface area contributed by atoms with Crippen molar-refractivity contribution in [2.75, 3.05) is 12.3 Å². The number of carbonyl (C=O) groups is 1. The van der Waals surface area contributed by atoms with Gasteiger partial charge in [-0.25, -0.2) is 13.1 Å². The van der Waals surface area contributed by atoms with E-state index in [2.05, 4.69) is 20.7 Å². The van der Waals surface area contributed by atoms with Crippen LogP contribution < -0.4 is 16.2 Å². The van der Waals surface area contributed by atoms with Gasteiger partial charge in [0.05, 0.1) is 14.8 Å². The van der Waals surface area contributed by atoms with Gasteiger partial charge < -0.3 is 11.5 Å². The Balaban J connectivity index is 3.10. The molecule has 1 aromatic rings. The molecule has 0 spiro atoms. The predicted molar refractivity (Wildman–Crippen MR) is 81.7 cm³/mol. The highest BCUT2D eigenvalue weighted by Crippen LogP contribution is 2.31. The number of anilines is 1. The van der Waals surface area contributed by atoms with Gasteiger partial charge in [0.15, 0.2) is 0 Å². The molecule has 20 heavy (non-hydrogen) atoms. The van der Waals surface area contributed by atoms with E-state index < -0.39 is 21.3 Å². The standard InChI is InChI=1S/C11H15BrClN3O3S/c1-11(2,10(15)17)5-16-20(18,19)8-4-6(13)3-7(14)9(8)12/h3-4,16H,5,14H2,1-2H3,(H2,15,17). The van der Waals surface area contributed by atoms with Gasteiger partial charge in [0.1, 0.15) is 0 Å². The summed E-state index contributed by atoms with van der Waals surface area (Å²) in [5.41, 5.74) is 10.0. The van der Waals surface area contributed by atoms with Crippen LogP contribution in [0, 0.1) is 5.41 Å². The summed E-state index contributed by atoms with van der Waals surface area (Å²) < 4.78 is 27.0. The Hall–Kier alpha value is -0.830. The molecule has 0 saturated carbocycles. The molecular formula is C11H15BrClN3O3S. The fourth-order valence-corrected chi connectivity index (χ4v) is 3.72. The predicted octanol–water partition coefficient (Wildman–Crippen LogP) is 1.47. The summed E-state index contributed by atoms with van der Waals surface area (Å²) in [5.74, 6) is -0.607. The number of nitrogens with two attached hydrogens (primary N) is 2. The van der Waals surface area contributed by atoms with Gasteiger partial charge in [-0.05, 0) is 41.9 Å². The molecule has 0 atom stereocenters. The molecule has 1 aromatic carbocycles. The number of nitrogen functional groups attached to an aromatic ring is 1. The third kappa shape index (κ3) is 3.85. The summed E-state index contributed by atoms with van der Waals surface area (Å²) >= 11 is 8.91. The van der Waals surface area contributed by atoms with E-state index in [9.17, 15) is 13.2 Å². The molecule has 0 aliphatic rings. The topological polar surface area (TPSA) is 115 Å². The number of rotatable bonds is 5. The second kappa shape index (κ2) is 5.88. The molecular weight excluding hydrogens is 370 g/mol. The zero-order valence-corrected chi connectivity index (χ0v) is 14.1. The minimum Gasteiger partial charge on any atom is -0.398 e. The van der Waals surface area contributed by atoms with Gasteiger partial charge in [-0.2, -0.15) is 0 Å². The summed E-state index contributed by atoms with van der Waals surface area (Å²) in [6.45, 7) is 2.95. The fourth-order valence-electron chi connectivity index (χ4n) is 1.22. The van der Waals surface area contributed by atoms with Crippen molar-refractivity contribution in [1.82, 2.24) is 4.72 Å². The molecule has 1 rings (SSSR count). The summed E-state index contributed by atoms with van der Waals surface area (Å²) in [7, 11) is -3.87. The molecule has 5 N–H and O–H groups in total. The number of carbonyl (C=O) groups excluding carboxylic acids is 1. The lowest BCUT2D eigenvalue weighted by Crippen LogP contribution is -2.42. The maximum absolute atomic E-state index is 12.2. The molecule has 0 heterocycles. The quantitative estimate of drug-likeness (QED) is 0.667. The van der Waals surface area contributed by atoms with Crippen molar-refractivity contribution in [3.8, 4) is 0 Å². The van der Waals surface area contributed by atoms with Crippen LogP contribution in [0.1, 0.15) is 13.8 Å². The van der Waals surface area contributed by atoms with Crippen LogP contribution in [0.3, 0.4) is 0 Å². The second-order valence-electron chi connectivity index (χ2n) is 4.88. The van der Waals surface area contributed by atoms with Gasteiger partial charge in [-0.1, -0.05) is 11.6 Å². The van der Waals surface area contributed by atoms with Crippen LogP contribution in [0.15, 0.2) is 21.5 Å². The lowest BCUT2D eigenvalue weighted by molar-refractivity contribution is -0.125. The lowest BCUT2D eigenvalue weighted by Gasteiger charge is -2.21. The number of hydrogen-bond donors (Lipinski definition) is 3. The van der Waals surface area contributed by atoms with E-state index in [0.717, 1.165) is 0 Å². The van der Waals surface area contributed by atoms with E-state index in [1.165, 1.54) is 12.1 Å². The summed E-state index contributed by atoms with van der Waals surface area (Å²) in [6, 6.07) is 2.69. The van der Waals surface area contributed by atoms with E-state index >= 15 is 0 Å². The maximum atomic E-state index is 12.2. The van der Waals surface area contributed by atoms with Crippen molar-refractivity contribution >= 4 is 49.1 Å². The lowest BCUT2D eigenvalue weighted by atomic mass is 9.93. The zero-order chi connectivity index (χ0) is 15.7. The van der Waals surface area contributed by atoms with Crippen molar-refractivity contribution in [2.45, 2.75) is 18.7 Å². The number of halogens is 2. The average molecular weight is 385 g/mol. The average Bonchev–Trinajstić information content (AvgIpc) is 2.31. The van der Waals surface area contributed by atoms with Crippen molar-refractivity contribution in [2.24, 2.45) is 11.1 Å². The number of amides is 1. The van der Waals surface area contributed by atoms with E-state index in [4.69, 9.17) is 23.1 Å². The van der Waals surface area contributed by atoms with Crippen molar-refractivity contribution in [1.29, 1.82) is 0 Å². The third-order valence-electron chi connectivity index (χ3n) is 2.69. The molecule has 0 bridgehead atoms. The second-order valence-corrected chi connectivity index (χ2v) is 7.84. The highest BCUT2D eigenvalue weighted by molar-refractivity contribution is 9.10. The fraction of sp³-hybridized carbons (Fsp3) is 0.364. The van der Waals surface area contributed by atoms with Crippen LogP contribution in [0.5, 0.6) is 0 Å². The number of hydrogen-bond acceptors (Lipinski definition) is 4. The van der Waals surface area contributed by atoms with Crippen LogP contribution in [0.2, 0.25) is 5.02 Å². The normalized spacial score (nSPS) is 12.4. The Morgan fingerprint density at radius 1 is 1.45 bits per heavy atom. The smallest absolute Gasteiger partial charge is 0.241 e. The van der Waals surface area contributed by atoms with Crippen LogP contribution in [-0.4, -0.2) is 20.9 Å². The molecule has 112 valence electrons. The molecule has 6 nitrogen and oxygen atoms in total. The number of sulfonamides is 1. The van der Waals surface area contributed by atoms with Crippen LogP contribution in [-0.2, 0) is 14.8 Å². The summed E-state index contributed by atoms with van der Waals surface area (Å²) in [6.07, 6.45) is 0. The Morgan fingerprint density at radius 3 is 2.50 bits per heavy atom. The zero-order valence-electron chi connectivity index (χ0n) is 10.9. The van der Waals surface area contributed by atoms with Crippen molar-refractivity contribution in [3.63, 3.8) is 0 Å². The van der Waals surface area contributed by atoms with Crippen molar-refractivity contribution < 1.29 is 13.2 Å². The number of nitrogens with one attached hydrogen (secondary N) is 1. The molecule has 0 fully saturated rings. The minimum absolute atomic E-state index is 0.0947. The highest BCUT2D eigenvalue weighted by atomic mass is 79.9. The van der Waals surface area contributed by atoms with Gasteiger partial charge >= 0.3 is 0 Å². The van der Waals surface area contributed by atoms with Crippen molar-refractivity contribution in [3.05, 3.63) is 21.6 Å². The van der Waals surface area contributed by atoms with E-state index in [0.29, 0.717) is 0 Å². The highest BCUT2D eigenvalue weighted by Gasteiger charge is 2.28. The monoisotopic (exact) mass is 383 g/mol. The van der Waals surface area contributed by atoms with Crippen LogP contribution in [0.25, 0.3) is 0 Å². The maximum Gasteiger partial charge on any atom is 0.241 e. The molecule has 0 unspecified atom stereocenters. The Bertz CT molecular complexity index is 647. The molecule has 0 aromatic heterocycles. The van der Waals surface area contributed by atoms with Gasteiger partial charge in [0.25, 0.3) is 0 Å². The van der Waals surface area contributed by atoms with Gasteiger partial charge in [-0.15, -0.1) is 0 Å². The van der Waals surface area contributed by atoms with E-state index in [-0.39, 0.29) is 26.6 Å². The third-order valence-corrected chi connectivity index (χ3v) is 5.48. The molecule has 0 aliphatic carbocycles. The summed E-state index contributed by atoms with van der Waals surface area (Å²) in [4.78, 5) is 11.1. The SMILES string of the molecule is CC(C)(CNS(=O)(=O)c1cc(Cl)cc(N)c1Br)C(N)=O. The molecule has 1 amide bonds. The number of primary amides is 1. The first-order chi connectivity index (χ1) is 8.97. The minimum atomic E-state index is -3.87. The summed E-state index contributed by atoms with van der Waals surface area (Å²) in [5, 5.41) is 0.195. The Morgan fingerprint density at radius 2 is 2.00 bits per heavy atom. The largest absolute Gasteiger partial charge is 0.398 e. The first kappa shape index (κ1) is 17.2. The van der Waals surface area contributed by atoms with Gasteiger partial charge in [0, 0.05) is 17.3 Å². The molecule has 0 saturated heterocycles. The van der Waals surface area contributed by atoms with Gasteiger partial charge in [0.2, 0.25) is 15.9 Å². The van der Waals surface area contributed by atoms with E-state index in [1.807, 2.05) is 0 Å². The van der Waals surface area contributed by atoms with Crippen LogP contribution >= 0.6 is 27.5 Å². The number of benzene rings is 1. The molecule has 9 heteroatoms. The molecule has 0 radical (unpaired) electrons. The van der Waals surface area contributed by atoms with Crippen LogP contribution in [0.4, 0.5) is 5.69 Å².